The fourth-order valence-electron chi connectivity index (χ4n) is 2.14. The van der Waals surface area contributed by atoms with E-state index in [1.807, 2.05) is 6.92 Å². The third kappa shape index (κ3) is 2.52. The fourth-order valence-corrected chi connectivity index (χ4v) is 3.87. The van der Waals surface area contributed by atoms with Crippen LogP contribution in [0.25, 0.3) is 0 Å². The lowest BCUT2D eigenvalue weighted by Crippen LogP contribution is -2.40. The Morgan fingerprint density at radius 1 is 1.59 bits per heavy atom. The maximum Gasteiger partial charge on any atom is 0.257 e. The van der Waals surface area contributed by atoms with Gasteiger partial charge in [0.1, 0.15) is 6.26 Å². The van der Waals surface area contributed by atoms with Crippen molar-refractivity contribution >= 4 is 15.7 Å². The SMILES string of the molecule is CCN(C(=O)c1ccoc1)C1CCS(=O)(=O)C1. The molecule has 1 saturated heterocycles. The monoisotopic (exact) mass is 257 g/mol. The summed E-state index contributed by atoms with van der Waals surface area (Å²) in [6.07, 6.45) is 3.35. The van der Waals surface area contributed by atoms with Gasteiger partial charge in [-0.05, 0) is 19.4 Å². The molecule has 0 aromatic carbocycles. The molecular formula is C11H15NO4S. The standard InChI is InChI=1S/C11H15NO4S/c1-2-12(10-4-6-17(14,15)8-10)11(13)9-3-5-16-7-9/h3,5,7,10H,2,4,6,8H2,1H3. The van der Waals surface area contributed by atoms with Gasteiger partial charge in [0.2, 0.25) is 0 Å². The predicted octanol–water partition coefficient (Wildman–Crippen LogP) is 0.929. The van der Waals surface area contributed by atoms with Crippen LogP contribution in [-0.2, 0) is 9.84 Å². The van der Waals surface area contributed by atoms with Crippen LogP contribution in [0.3, 0.4) is 0 Å². The summed E-state index contributed by atoms with van der Waals surface area (Å²) in [6.45, 7) is 2.35. The molecule has 17 heavy (non-hydrogen) atoms. The molecule has 1 aliphatic rings. The van der Waals surface area contributed by atoms with Gasteiger partial charge in [-0.25, -0.2) is 8.42 Å². The van der Waals surface area contributed by atoms with Crippen LogP contribution in [0, 0.1) is 0 Å². The van der Waals surface area contributed by atoms with Gasteiger partial charge in [-0.1, -0.05) is 0 Å². The summed E-state index contributed by atoms with van der Waals surface area (Å²) < 4.78 is 27.7. The highest BCUT2D eigenvalue weighted by molar-refractivity contribution is 7.91. The van der Waals surface area contributed by atoms with E-state index in [0.29, 0.717) is 18.5 Å². The molecular weight excluding hydrogens is 242 g/mol. The molecule has 1 fully saturated rings. The molecule has 0 spiro atoms. The van der Waals surface area contributed by atoms with Gasteiger partial charge in [-0.15, -0.1) is 0 Å². The molecule has 6 heteroatoms. The lowest BCUT2D eigenvalue weighted by molar-refractivity contribution is 0.0707. The smallest absolute Gasteiger partial charge is 0.257 e. The topological polar surface area (TPSA) is 67.6 Å². The zero-order valence-corrected chi connectivity index (χ0v) is 10.4. The van der Waals surface area contributed by atoms with Gasteiger partial charge in [0.25, 0.3) is 5.91 Å². The van der Waals surface area contributed by atoms with Crippen molar-refractivity contribution in [3.8, 4) is 0 Å². The molecule has 1 aromatic rings. The Bertz CT molecular complexity index is 492. The zero-order chi connectivity index (χ0) is 12.5. The van der Waals surface area contributed by atoms with Crippen LogP contribution in [0.1, 0.15) is 23.7 Å². The van der Waals surface area contributed by atoms with Crippen LogP contribution in [-0.4, -0.2) is 43.3 Å². The zero-order valence-electron chi connectivity index (χ0n) is 9.63. The maximum absolute atomic E-state index is 12.1. The minimum atomic E-state index is -2.97. The molecule has 1 aliphatic heterocycles. The first-order valence-electron chi connectivity index (χ1n) is 5.57. The second-order valence-electron chi connectivity index (χ2n) is 4.16. The van der Waals surface area contributed by atoms with E-state index in [0.717, 1.165) is 0 Å². The van der Waals surface area contributed by atoms with Crippen molar-refractivity contribution < 1.29 is 17.6 Å². The van der Waals surface area contributed by atoms with Crippen molar-refractivity contribution in [3.63, 3.8) is 0 Å². The lowest BCUT2D eigenvalue weighted by Gasteiger charge is -2.26. The van der Waals surface area contributed by atoms with Crippen molar-refractivity contribution in [2.45, 2.75) is 19.4 Å². The molecule has 94 valence electrons. The number of sulfone groups is 1. The molecule has 2 rings (SSSR count). The highest BCUT2D eigenvalue weighted by Gasteiger charge is 2.34. The average Bonchev–Trinajstić information content (AvgIpc) is 2.88. The molecule has 0 saturated carbocycles. The molecule has 0 bridgehead atoms. The van der Waals surface area contributed by atoms with Crippen LogP contribution < -0.4 is 0 Å². The normalized spacial score (nSPS) is 22.5. The molecule has 0 aliphatic carbocycles. The van der Waals surface area contributed by atoms with Crippen molar-refractivity contribution in [2.75, 3.05) is 18.1 Å². The second-order valence-corrected chi connectivity index (χ2v) is 6.39. The molecule has 5 nitrogen and oxygen atoms in total. The number of furan rings is 1. The van der Waals surface area contributed by atoms with E-state index < -0.39 is 9.84 Å². The van der Waals surface area contributed by atoms with E-state index in [9.17, 15) is 13.2 Å². The Kier molecular flexibility index (Phi) is 3.24. The number of hydrogen-bond donors (Lipinski definition) is 0. The summed E-state index contributed by atoms with van der Waals surface area (Å²) in [4.78, 5) is 13.7. The first-order valence-corrected chi connectivity index (χ1v) is 7.39. The highest BCUT2D eigenvalue weighted by Crippen LogP contribution is 2.19. The molecule has 1 amide bonds. The minimum absolute atomic E-state index is 0.0738. The van der Waals surface area contributed by atoms with Gasteiger partial charge in [-0.3, -0.25) is 4.79 Å². The second kappa shape index (κ2) is 4.52. The van der Waals surface area contributed by atoms with Crippen LogP contribution >= 0.6 is 0 Å². The van der Waals surface area contributed by atoms with Gasteiger partial charge < -0.3 is 9.32 Å². The van der Waals surface area contributed by atoms with Crippen molar-refractivity contribution in [3.05, 3.63) is 24.2 Å². The van der Waals surface area contributed by atoms with Gasteiger partial charge in [-0.2, -0.15) is 0 Å². The highest BCUT2D eigenvalue weighted by atomic mass is 32.2. The number of rotatable bonds is 3. The maximum atomic E-state index is 12.1. The largest absolute Gasteiger partial charge is 0.472 e. The number of amides is 1. The molecule has 2 heterocycles. The van der Waals surface area contributed by atoms with Gasteiger partial charge in [0.05, 0.1) is 23.3 Å². The Hall–Kier alpha value is -1.30. The van der Waals surface area contributed by atoms with Crippen LogP contribution in [0.15, 0.2) is 23.0 Å². The quantitative estimate of drug-likeness (QED) is 0.807. The van der Waals surface area contributed by atoms with Crippen molar-refractivity contribution in [2.24, 2.45) is 0 Å². The van der Waals surface area contributed by atoms with Crippen LogP contribution in [0.5, 0.6) is 0 Å². The fraction of sp³-hybridized carbons (Fsp3) is 0.545. The van der Waals surface area contributed by atoms with Crippen molar-refractivity contribution in [1.29, 1.82) is 0 Å². The number of carbonyl (C=O) groups excluding carboxylic acids is 1. The van der Waals surface area contributed by atoms with Crippen LogP contribution in [0.4, 0.5) is 0 Å². The Balaban J connectivity index is 2.15. The summed E-state index contributed by atoms with van der Waals surface area (Å²) >= 11 is 0. The third-order valence-electron chi connectivity index (χ3n) is 3.02. The number of carbonyl (C=O) groups is 1. The Labute approximate surface area is 100 Å². The number of hydrogen-bond acceptors (Lipinski definition) is 4. The molecule has 1 unspecified atom stereocenters. The first-order chi connectivity index (χ1) is 8.03. The average molecular weight is 257 g/mol. The van der Waals surface area contributed by atoms with Gasteiger partial charge in [0.15, 0.2) is 9.84 Å². The van der Waals surface area contributed by atoms with Crippen molar-refractivity contribution in [1.82, 2.24) is 4.90 Å². The summed E-state index contributed by atoms with van der Waals surface area (Å²) in [5.74, 6) is 0.0837. The van der Waals surface area contributed by atoms with Gasteiger partial charge >= 0.3 is 0 Å². The Morgan fingerprint density at radius 2 is 2.35 bits per heavy atom. The molecule has 1 atom stereocenters. The molecule has 1 aromatic heterocycles. The van der Waals surface area contributed by atoms with E-state index in [4.69, 9.17) is 4.42 Å². The molecule has 0 radical (unpaired) electrons. The first kappa shape index (κ1) is 12.2. The van der Waals surface area contributed by atoms with E-state index in [1.54, 1.807) is 11.0 Å². The minimum Gasteiger partial charge on any atom is -0.472 e. The van der Waals surface area contributed by atoms with E-state index in [-0.39, 0.29) is 23.5 Å². The van der Waals surface area contributed by atoms with E-state index in [2.05, 4.69) is 0 Å². The summed E-state index contributed by atoms with van der Waals surface area (Å²) in [6, 6.07) is 1.39. The van der Waals surface area contributed by atoms with E-state index >= 15 is 0 Å². The van der Waals surface area contributed by atoms with Crippen LogP contribution in [0.2, 0.25) is 0 Å². The Morgan fingerprint density at radius 3 is 2.82 bits per heavy atom. The van der Waals surface area contributed by atoms with E-state index in [1.165, 1.54) is 12.5 Å². The third-order valence-corrected chi connectivity index (χ3v) is 4.77. The summed E-state index contributed by atoms with van der Waals surface area (Å²) in [5, 5.41) is 0. The summed E-state index contributed by atoms with van der Waals surface area (Å²) in [5.41, 5.74) is 0.469. The summed E-state index contributed by atoms with van der Waals surface area (Å²) in [7, 11) is -2.97. The van der Waals surface area contributed by atoms with Gasteiger partial charge in [0, 0.05) is 12.6 Å². The molecule has 0 N–H and O–H groups in total. The predicted molar refractivity (Wildman–Crippen MR) is 62.5 cm³/mol. The lowest BCUT2D eigenvalue weighted by atomic mass is 10.2. The number of nitrogens with zero attached hydrogens (tertiary/aromatic N) is 1.